The quantitative estimate of drug-likeness (QED) is 0.102. The van der Waals surface area contributed by atoms with Crippen LogP contribution < -0.4 is 0 Å². The highest BCUT2D eigenvalue weighted by molar-refractivity contribution is 5.73. The predicted octanol–water partition coefficient (Wildman–Crippen LogP) is 3.92. The number of aliphatic hydroxyl groups is 5. The molecule has 69 heavy (non-hydrogen) atoms. The molecule has 3 aliphatic rings. The Morgan fingerprint density at radius 3 is 2.28 bits per heavy atom. The van der Waals surface area contributed by atoms with Crippen molar-refractivity contribution in [2.45, 2.75) is 205 Å². The highest BCUT2D eigenvalue weighted by Crippen LogP contribution is 2.45. The summed E-state index contributed by atoms with van der Waals surface area (Å²) in [5, 5.41) is 79.7. The first-order valence-electron chi connectivity index (χ1n) is 25.0. The Kier molecular flexibility index (Phi) is 19.4. The van der Waals surface area contributed by atoms with Crippen molar-refractivity contribution in [3.05, 3.63) is 51.8 Å². The summed E-state index contributed by atoms with van der Waals surface area (Å²) in [5.74, 6) is -3.16. The maximum absolute atomic E-state index is 14.6. The van der Waals surface area contributed by atoms with Gasteiger partial charge >= 0.3 is 5.97 Å². The molecule has 1 aromatic carbocycles. The molecule has 0 spiro atoms. The summed E-state index contributed by atoms with van der Waals surface area (Å²) in [4.78, 5) is 29.2. The number of aromatic nitrogens is 3. The Morgan fingerprint density at radius 2 is 1.65 bits per heavy atom. The molecule has 4 heterocycles. The zero-order valence-corrected chi connectivity index (χ0v) is 43.3. The number of rotatable bonds is 14. The van der Waals surface area contributed by atoms with Crippen molar-refractivity contribution in [3.8, 4) is 0 Å². The van der Waals surface area contributed by atoms with Crippen molar-refractivity contribution in [2.24, 2.45) is 23.7 Å². The molecular weight excluding hydrogens is 893 g/mol. The first-order valence-corrected chi connectivity index (χ1v) is 25.0. The summed E-state index contributed by atoms with van der Waals surface area (Å²) in [6.45, 7) is 19.5. The van der Waals surface area contributed by atoms with Gasteiger partial charge in [-0.05, 0) is 105 Å². The van der Waals surface area contributed by atoms with Gasteiger partial charge in [0.2, 0.25) is 0 Å². The van der Waals surface area contributed by atoms with Crippen LogP contribution in [0, 0.1) is 33.8 Å². The van der Waals surface area contributed by atoms with Gasteiger partial charge in [0.15, 0.2) is 6.29 Å². The lowest BCUT2D eigenvalue weighted by molar-refractivity contribution is -0.384. The van der Waals surface area contributed by atoms with Gasteiger partial charge in [-0.15, -0.1) is 5.10 Å². The second-order valence-corrected chi connectivity index (χ2v) is 21.5. The van der Waals surface area contributed by atoms with Crippen molar-refractivity contribution < 1.29 is 58.9 Å². The number of carbonyl (C=O) groups is 1. The van der Waals surface area contributed by atoms with E-state index >= 15 is 0 Å². The minimum absolute atomic E-state index is 0.0610. The van der Waals surface area contributed by atoms with Gasteiger partial charge in [0.05, 0.1) is 52.2 Å². The van der Waals surface area contributed by atoms with Crippen LogP contribution in [0.15, 0.2) is 30.5 Å². The fourth-order valence-corrected chi connectivity index (χ4v) is 11.5. The number of aryl methyl sites for hydroxylation is 2. The highest BCUT2D eigenvalue weighted by Gasteiger charge is 2.55. The summed E-state index contributed by atoms with van der Waals surface area (Å²) in [5.41, 5.74) is -2.62. The largest absolute Gasteiger partial charge is 0.459 e. The molecule has 0 amide bonds. The van der Waals surface area contributed by atoms with Gasteiger partial charge in [-0.2, -0.15) is 0 Å². The van der Waals surface area contributed by atoms with E-state index in [1.165, 1.54) is 26.2 Å². The van der Waals surface area contributed by atoms with E-state index < -0.39 is 107 Å². The lowest BCUT2D eigenvalue weighted by atomic mass is 9.68. The molecule has 0 bridgehead atoms. The monoisotopic (exact) mass is 977 g/mol. The Bertz CT molecular complexity index is 1960. The Labute approximate surface area is 408 Å². The number of cyclic esters (lactones) is 1. The number of methoxy groups -OCH3 is 1. The van der Waals surface area contributed by atoms with Gasteiger partial charge in [-0.25, -0.2) is 0 Å². The number of nitro benzene ring substituents is 1. The number of nitro groups is 1. The second kappa shape index (κ2) is 23.6. The molecule has 0 aliphatic carbocycles. The van der Waals surface area contributed by atoms with Gasteiger partial charge in [0.1, 0.15) is 30.0 Å². The summed E-state index contributed by atoms with van der Waals surface area (Å²) in [7, 11) is 5.31. The highest BCUT2D eigenvalue weighted by atomic mass is 16.7. The molecule has 0 saturated carbocycles. The Balaban J connectivity index is 1.41. The van der Waals surface area contributed by atoms with Crippen LogP contribution in [0.1, 0.15) is 113 Å². The maximum atomic E-state index is 14.6. The van der Waals surface area contributed by atoms with Crippen molar-refractivity contribution in [3.63, 3.8) is 0 Å². The van der Waals surface area contributed by atoms with Crippen LogP contribution in [-0.2, 0) is 47.9 Å². The Hall–Kier alpha value is -3.21. The topological polar surface area (TPSA) is 245 Å². The molecule has 392 valence electrons. The molecule has 1 aromatic heterocycles. The molecule has 0 radical (unpaired) electrons. The average Bonchev–Trinajstić information content (AvgIpc) is 3.75. The molecule has 18 atom stereocenters. The number of hydrogen-bond acceptors (Lipinski definition) is 17. The minimum atomic E-state index is -1.82. The number of esters is 1. The van der Waals surface area contributed by atoms with Crippen LogP contribution in [-0.4, -0.2) is 180 Å². The van der Waals surface area contributed by atoms with Crippen molar-refractivity contribution in [1.82, 2.24) is 24.8 Å². The first kappa shape index (κ1) is 56.7. The maximum Gasteiger partial charge on any atom is 0.309 e. The number of aliphatic hydroxyl groups excluding tert-OH is 3. The SMILES string of the molecule is CC[C@H]1OC(=O)[C@H](C)C([C@H]2C[C@@](C)(OC)[C@@H](O)[C@H](C)O2)[C@H](C)[C@@H](O[C@@H]2O[C@H](C)C[C@H](N(C)CCc3cn(CCCc4ccc([N+](=O)[O-])cc4)nn3)[C@H]2O)[C@](C)(O)C[C@@H](C)CN(C)[C@H](C)[C@@H](O)[C@]1(C)O. The second-order valence-electron chi connectivity index (χ2n) is 21.5. The first-order chi connectivity index (χ1) is 32.2. The van der Waals surface area contributed by atoms with Crippen LogP contribution in [0.5, 0.6) is 0 Å². The molecule has 3 saturated heterocycles. The van der Waals surface area contributed by atoms with Crippen molar-refractivity contribution in [1.29, 1.82) is 0 Å². The number of benzene rings is 1. The van der Waals surface area contributed by atoms with E-state index in [2.05, 4.69) is 15.2 Å². The van der Waals surface area contributed by atoms with Crippen molar-refractivity contribution in [2.75, 3.05) is 34.3 Å². The van der Waals surface area contributed by atoms with E-state index in [1.807, 2.05) is 46.0 Å². The van der Waals surface area contributed by atoms with E-state index in [1.54, 1.807) is 58.4 Å². The van der Waals surface area contributed by atoms with Gasteiger partial charge < -0.3 is 59.0 Å². The van der Waals surface area contributed by atoms with Gasteiger partial charge in [-0.3, -0.25) is 19.6 Å². The minimum Gasteiger partial charge on any atom is -0.459 e. The number of non-ortho nitro benzene ring substituents is 1. The third-order valence-electron chi connectivity index (χ3n) is 15.8. The van der Waals surface area contributed by atoms with Gasteiger partial charge in [-0.1, -0.05) is 45.0 Å². The number of likely N-dealkylation sites (N-methyl/N-ethyl adjacent to an activating group) is 2. The molecule has 5 N–H and O–H groups in total. The zero-order valence-electron chi connectivity index (χ0n) is 43.3. The van der Waals surface area contributed by atoms with E-state index in [4.69, 9.17) is 23.7 Å². The third-order valence-corrected chi connectivity index (χ3v) is 15.8. The van der Waals surface area contributed by atoms with Crippen LogP contribution in [0.2, 0.25) is 0 Å². The van der Waals surface area contributed by atoms with Gasteiger partial charge in [0.25, 0.3) is 5.69 Å². The molecular formula is C50H84N6O13. The molecule has 19 nitrogen and oxygen atoms in total. The van der Waals surface area contributed by atoms with E-state index in [0.29, 0.717) is 32.5 Å². The summed E-state index contributed by atoms with van der Waals surface area (Å²) < 4.78 is 33.9. The number of ether oxygens (including phenoxy) is 5. The van der Waals surface area contributed by atoms with Crippen LogP contribution in [0.25, 0.3) is 0 Å². The normalized spacial score (nSPS) is 40.2. The standard InChI is InChI=1S/C50H84N6O13/c1-14-40-50(10,62)43(58)33(6)54(12)27-29(2)25-48(8,61)45(31(4)41(32(5)46(60)68-40)39-26-49(9,65-13)44(59)34(7)67-39)69-47-42(57)38(24-30(3)66-47)53(11)23-21-36-28-55(52-51-36)22-15-16-35-17-19-37(20-18-35)56(63)64/h17-20,28-34,38-45,47,57-59,61-62H,14-16,21-27H2,1-13H3/t29-,30-,31+,32-,33-,34+,38+,39-,40-,41?,42-,43-,44+,45-,47+,48-,49-,50-/m1/s1. The van der Waals surface area contributed by atoms with Crippen molar-refractivity contribution >= 4 is 11.7 Å². The van der Waals surface area contributed by atoms with E-state index in [-0.39, 0.29) is 37.0 Å². The summed E-state index contributed by atoms with van der Waals surface area (Å²) in [6.07, 6.45) is -3.44. The lowest BCUT2D eigenvalue weighted by Gasteiger charge is -2.51. The number of hydrogen-bond donors (Lipinski definition) is 5. The Morgan fingerprint density at radius 1 is 0.986 bits per heavy atom. The lowest BCUT2D eigenvalue weighted by Crippen LogP contribution is -2.62. The summed E-state index contributed by atoms with van der Waals surface area (Å²) in [6, 6.07) is 5.58. The molecule has 1 unspecified atom stereocenters. The molecule has 2 aromatic rings. The molecule has 3 aliphatic heterocycles. The average molecular weight is 977 g/mol. The van der Waals surface area contributed by atoms with Crippen LogP contribution in [0.4, 0.5) is 5.69 Å². The smallest absolute Gasteiger partial charge is 0.309 e. The fourth-order valence-electron chi connectivity index (χ4n) is 11.5. The fraction of sp³-hybridized carbons (Fsp3) is 0.820. The van der Waals surface area contributed by atoms with Crippen LogP contribution >= 0.6 is 0 Å². The van der Waals surface area contributed by atoms with E-state index in [9.17, 15) is 40.4 Å². The third kappa shape index (κ3) is 13.5. The summed E-state index contributed by atoms with van der Waals surface area (Å²) >= 11 is 0. The molecule has 3 fully saturated rings. The van der Waals surface area contributed by atoms with Gasteiger partial charge in [0, 0.05) is 75.9 Å². The predicted molar refractivity (Wildman–Crippen MR) is 257 cm³/mol. The van der Waals surface area contributed by atoms with E-state index in [0.717, 1.165) is 24.1 Å². The zero-order chi connectivity index (χ0) is 51.3. The van der Waals surface area contributed by atoms with Crippen LogP contribution in [0.3, 0.4) is 0 Å². The number of nitrogens with zero attached hydrogens (tertiary/aromatic N) is 6. The molecule has 5 rings (SSSR count). The molecule has 19 heteroatoms. The number of carbonyl (C=O) groups excluding carboxylic acids is 1.